The summed E-state index contributed by atoms with van der Waals surface area (Å²) in [7, 11) is -0.0934. The summed E-state index contributed by atoms with van der Waals surface area (Å²) < 4.78 is 42.9. The molecule has 19 heavy (non-hydrogen) atoms. The SMILES string of the molecule is OBc1ccc(Oc2cccc(C(F)(F)F)c2)cc1. The van der Waals surface area contributed by atoms with E-state index in [-0.39, 0.29) is 13.2 Å². The van der Waals surface area contributed by atoms with Crippen LogP contribution in [0.3, 0.4) is 0 Å². The number of hydrogen-bond donors (Lipinski definition) is 1. The molecule has 0 bridgehead atoms. The second kappa shape index (κ2) is 5.36. The van der Waals surface area contributed by atoms with Crippen molar-refractivity contribution in [3.63, 3.8) is 0 Å². The average molecular weight is 266 g/mol. The molecule has 98 valence electrons. The summed E-state index contributed by atoms with van der Waals surface area (Å²) in [5.74, 6) is 0.531. The fourth-order valence-electron chi connectivity index (χ4n) is 1.53. The number of ether oxygens (including phenoxy) is 1. The maximum absolute atomic E-state index is 12.5. The average Bonchev–Trinajstić information content (AvgIpc) is 2.39. The summed E-state index contributed by atoms with van der Waals surface area (Å²) in [5.41, 5.74) is -0.0478. The van der Waals surface area contributed by atoms with Gasteiger partial charge in [0.1, 0.15) is 11.5 Å². The van der Waals surface area contributed by atoms with Gasteiger partial charge in [0.05, 0.1) is 5.56 Å². The second-order valence-electron chi connectivity index (χ2n) is 3.93. The molecule has 0 heterocycles. The van der Waals surface area contributed by atoms with Crippen LogP contribution in [0.4, 0.5) is 13.2 Å². The summed E-state index contributed by atoms with van der Waals surface area (Å²) in [6, 6.07) is 11.1. The quantitative estimate of drug-likeness (QED) is 0.865. The molecule has 0 unspecified atom stereocenters. The minimum atomic E-state index is -4.39. The van der Waals surface area contributed by atoms with Crippen molar-refractivity contribution >= 4 is 12.9 Å². The van der Waals surface area contributed by atoms with Crippen LogP contribution in [0, 0.1) is 0 Å². The Balaban J connectivity index is 2.18. The van der Waals surface area contributed by atoms with Crippen molar-refractivity contribution in [1.82, 2.24) is 0 Å². The predicted molar refractivity (Wildman–Crippen MR) is 67.0 cm³/mol. The van der Waals surface area contributed by atoms with Gasteiger partial charge in [-0.2, -0.15) is 13.2 Å². The summed E-state index contributed by atoms with van der Waals surface area (Å²) in [5, 5.41) is 8.88. The highest BCUT2D eigenvalue weighted by atomic mass is 19.4. The zero-order chi connectivity index (χ0) is 13.9. The molecule has 2 nitrogen and oxygen atoms in total. The first kappa shape index (κ1) is 13.5. The van der Waals surface area contributed by atoms with Crippen LogP contribution < -0.4 is 10.2 Å². The Bertz CT molecular complexity index is 553. The summed E-state index contributed by atoms with van der Waals surface area (Å²) in [6.45, 7) is 0. The summed E-state index contributed by atoms with van der Waals surface area (Å²) in [6.07, 6.45) is -4.39. The van der Waals surface area contributed by atoms with Crippen LogP contribution in [-0.2, 0) is 6.18 Å². The third-order valence-electron chi connectivity index (χ3n) is 2.50. The van der Waals surface area contributed by atoms with E-state index in [0.29, 0.717) is 11.2 Å². The number of benzene rings is 2. The molecule has 0 aliphatic rings. The van der Waals surface area contributed by atoms with Crippen molar-refractivity contribution < 1.29 is 22.9 Å². The van der Waals surface area contributed by atoms with Gasteiger partial charge >= 0.3 is 13.7 Å². The van der Waals surface area contributed by atoms with Gasteiger partial charge in [-0.25, -0.2) is 0 Å². The number of alkyl halides is 3. The summed E-state index contributed by atoms with van der Waals surface area (Å²) in [4.78, 5) is 0. The van der Waals surface area contributed by atoms with Crippen LogP contribution in [0.1, 0.15) is 5.56 Å². The highest BCUT2D eigenvalue weighted by molar-refractivity contribution is 6.45. The Morgan fingerprint density at radius 3 is 2.21 bits per heavy atom. The zero-order valence-electron chi connectivity index (χ0n) is 9.82. The van der Waals surface area contributed by atoms with E-state index in [9.17, 15) is 13.2 Å². The molecule has 0 fully saturated rings. The third kappa shape index (κ3) is 3.51. The Kier molecular flexibility index (Phi) is 3.80. The minimum Gasteiger partial charge on any atom is -0.457 e. The number of halogens is 3. The van der Waals surface area contributed by atoms with Gasteiger partial charge in [0.2, 0.25) is 0 Å². The zero-order valence-corrected chi connectivity index (χ0v) is 9.82. The van der Waals surface area contributed by atoms with Crippen LogP contribution in [-0.4, -0.2) is 12.5 Å². The van der Waals surface area contributed by atoms with Crippen molar-refractivity contribution in [2.45, 2.75) is 6.18 Å². The van der Waals surface area contributed by atoms with Gasteiger partial charge in [-0.15, -0.1) is 0 Å². The molecule has 0 aliphatic heterocycles. The lowest BCUT2D eigenvalue weighted by Crippen LogP contribution is -2.11. The van der Waals surface area contributed by atoms with Crippen molar-refractivity contribution in [2.24, 2.45) is 0 Å². The van der Waals surface area contributed by atoms with Crippen LogP contribution in [0.25, 0.3) is 0 Å². The first-order chi connectivity index (χ1) is 8.99. The molecule has 0 aromatic heterocycles. The van der Waals surface area contributed by atoms with Gasteiger partial charge in [0.25, 0.3) is 0 Å². The Labute approximate surface area is 108 Å². The van der Waals surface area contributed by atoms with Crippen LogP contribution in [0.15, 0.2) is 48.5 Å². The van der Waals surface area contributed by atoms with E-state index in [4.69, 9.17) is 9.76 Å². The number of hydrogen-bond acceptors (Lipinski definition) is 2. The highest BCUT2D eigenvalue weighted by Gasteiger charge is 2.30. The van der Waals surface area contributed by atoms with Crippen molar-refractivity contribution in [2.75, 3.05) is 0 Å². The Morgan fingerprint density at radius 1 is 0.947 bits per heavy atom. The first-order valence-corrected chi connectivity index (χ1v) is 5.54. The normalized spacial score (nSPS) is 11.2. The van der Waals surface area contributed by atoms with Crippen molar-refractivity contribution in [3.05, 3.63) is 54.1 Å². The lowest BCUT2D eigenvalue weighted by atomic mass is 9.89. The van der Waals surface area contributed by atoms with Gasteiger partial charge in [-0.05, 0) is 30.3 Å². The standard InChI is InChI=1S/C13H10BF3O2/c15-13(16,17)9-2-1-3-12(8-9)19-11-6-4-10(14-18)5-7-11/h1-8,14,18H. The molecule has 0 radical (unpaired) electrons. The number of rotatable bonds is 3. The molecule has 0 amide bonds. The summed E-state index contributed by atoms with van der Waals surface area (Å²) >= 11 is 0. The molecular formula is C13H10BF3O2. The largest absolute Gasteiger partial charge is 0.457 e. The lowest BCUT2D eigenvalue weighted by Gasteiger charge is -2.10. The smallest absolute Gasteiger partial charge is 0.416 e. The van der Waals surface area contributed by atoms with Crippen LogP contribution in [0.2, 0.25) is 0 Å². The van der Waals surface area contributed by atoms with E-state index >= 15 is 0 Å². The predicted octanol–water partition coefficient (Wildman–Crippen LogP) is 2.47. The highest BCUT2D eigenvalue weighted by Crippen LogP contribution is 2.32. The molecule has 6 heteroatoms. The molecule has 2 aromatic carbocycles. The van der Waals surface area contributed by atoms with Gasteiger partial charge in [-0.3, -0.25) is 0 Å². The topological polar surface area (TPSA) is 29.5 Å². The second-order valence-corrected chi connectivity index (χ2v) is 3.93. The fourth-order valence-corrected chi connectivity index (χ4v) is 1.53. The molecular weight excluding hydrogens is 256 g/mol. The van der Waals surface area contributed by atoms with Gasteiger partial charge in [0.15, 0.2) is 0 Å². The van der Waals surface area contributed by atoms with E-state index in [0.717, 1.165) is 12.1 Å². The Hall–Kier alpha value is -1.95. The maximum atomic E-state index is 12.5. The Morgan fingerprint density at radius 2 is 1.63 bits per heavy atom. The van der Waals surface area contributed by atoms with Gasteiger partial charge < -0.3 is 9.76 Å². The van der Waals surface area contributed by atoms with Crippen molar-refractivity contribution in [1.29, 1.82) is 0 Å². The van der Waals surface area contributed by atoms with E-state index in [1.165, 1.54) is 12.1 Å². The van der Waals surface area contributed by atoms with E-state index < -0.39 is 11.7 Å². The molecule has 0 saturated heterocycles. The molecule has 0 saturated carbocycles. The third-order valence-corrected chi connectivity index (χ3v) is 2.50. The van der Waals surface area contributed by atoms with E-state index in [1.807, 2.05) is 0 Å². The monoisotopic (exact) mass is 266 g/mol. The molecule has 0 spiro atoms. The maximum Gasteiger partial charge on any atom is 0.416 e. The molecule has 0 aliphatic carbocycles. The van der Waals surface area contributed by atoms with E-state index in [2.05, 4.69) is 0 Å². The van der Waals surface area contributed by atoms with Crippen LogP contribution in [0.5, 0.6) is 11.5 Å². The molecule has 2 aromatic rings. The fraction of sp³-hybridized carbons (Fsp3) is 0.0769. The minimum absolute atomic E-state index is 0.0934. The molecule has 1 N–H and O–H groups in total. The van der Waals surface area contributed by atoms with Crippen molar-refractivity contribution in [3.8, 4) is 11.5 Å². The van der Waals surface area contributed by atoms with E-state index in [1.54, 1.807) is 24.3 Å². The lowest BCUT2D eigenvalue weighted by molar-refractivity contribution is -0.137. The van der Waals surface area contributed by atoms with Gasteiger partial charge in [-0.1, -0.05) is 23.7 Å². The molecule has 2 rings (SSSR count). The van der Waals surface area contributed by atoms with Crippen LogP contribution >= 0.6 is 0 Å². The molecule has 0 atom stereocenters. The first-order valence-electron chi connectivity index (χ1n) is 5.54. The van der Waals surface area contributed by atoms with Gasteiger partial charge in [0, 0.05) is 0 Å².